The van der Waals surface area contributed by atoms with E-state index in [1.54, 1.807) is 13.2 Å². The molecule has 0 spiro atoms. The van der Waals surface area contributed by atoms with E-state index in [-0.39, 0.29) is 0 Å². The first-order valence-electron chi connectivity index (χ1n) is 6.20. The van der Waals surface area contributed by atoms with Gasteiger partial charge in [0.2, 0.25) is 5.88 Å². The second-order valence-electron chi connectivity index (χ2n) is 4.63. The molecule has 0 aliphatic heterocycles. The van der Waals surface area contributed by atoms with Crippen LogP contribution in [0.3, 0.4) is 0 Å². The quantitative estimate of drug-likeness (QED) is 0.914. The molecule has 0 amide bonds. The van der Waals surface area contributed by atoms with E-state index in [1.807, 2.05) is 32.0 Å². The Morgan fingerprint density at radius 1 is 1.21 bits per heavy atom. The molecule has 4 nitrogen and oxygen atoms in total. The Morgan fingerprint density at radius 2 is 2.00 bits per heavy atom. The summed E-state index contributed by atoms with van der Waals surface area (Å²) in [5.74, 6) is 0.512. The molecule has 1 aromatic carbocycles. The summed E-state index contributed by atoms with van der Waals surface area (Å²) in [5, 5.41) is 10.3. The first-order chi connectivity index (χ1) is 9.10. The van der Waals surface area contributed by atoms with Crippen molar-refractivity contribution < 1.29 is 9.84 Å². The molecule has 0 saturated carbocycles. The van der Waals surface area contributed by atoms with E-state index in [9.17, 15) is 5.11 Å². The van der Waals surface area contributed by atoms with Gasteiger partial charge in [0, 0.05) is 12.5 Å². The summed E-state index contributed by atoms with van der Waals surface area (Å²) in [5.41, 5.74) is 3.93. The van der Waals surface area contributed by atoms with Crippen molar-refractivity contribution in [2.75, 3.05) is 7.11 Å². The molecule has 0 radical (unpaired) electrons. The molecule has 2 aromatic rings. The highest BCUT2D eigenvalue weighted by Gasteiger charge is 2.13. The van der Waals surface area contributed by atoms with Gasteiger partial charge in [-0.3, -0.25) is 0 Å². The zero-order valence-electron chi connectivity index (χ0n) is 11.4. The molecule has 0 aliphatic carbocycles. The average Bonchev–Trinajstić information content (AvgIpc) is 2.41. The lowest BCUT2D eigenvalue weighted by Crippen LogP contribution is -2.06. The van der Waals surface area contributed by atoms with Crippen LogP contribution in [-0.2, 0) is 6.42 Å². The summed E-state index contributed by atoms with van der Waals surface area (Å²) in [4.78, 5) is 8.11. The Morgan fingerprint density at radius 3 is 2.74 bits per heavy atom. The molecule has 100 valence electrons. The minimum absolute atomic E-state index is 0.448. The van der Waals surface area contributed by atoms with Crippen molar-refractivity contribution in [1.29, 1.82) is 0 Å². The van der Waals surface area contributed by atoms with Crippen LogP contribution in [0.25, 0.3) is 0 Å². The number of hydrogen-bond donors (Lipinski definition) is 1. The molecule has 1 atom stereocenters. The molecule has 1 unspecified atom stereocenters. The van der Waals surface area contributed by atoms with Crippen LogP contribution in [0.1, 0.15) is 28.5 Å². The molecule has 0 aliphatic rings. The Kier molecular flexibility index (Phi) is 4.12. The Labute approximate surface area is 113 Å². The predicted molar refractivity (Wildman–Crippen MR) is 73.2 cm³/mol. The number of aliphatic hydroxyl groups excluding tert-OH is 1. The Hall–Kier alpha value is -1.94. The van der Waals surface area contributed by atoms with Crippen molar-refractivity contribution in [2.24, 2.45) is 0 Å². The van der Waals surface area contributed by atoms with Gasteiger partial charge in [-0.2, -0.15) is 0 Å². The van der Waals surface area contributed by atoms with E-state index < -0.39 is 6.10 Å². The number of hydrogen-bond acceptors (Lipinski definition) is 4. The van der Waals surface area contributed by atoms with Crippen molar-refractivity contribution >= 4 is 0 Å². The first-order valence-corrected chi connectivity index (χ1v) is 6.20. The van der Waals surface area contributed by atoms with E-state index >= 15 is 0 Å². The number of rotatable bonds is 4. The highest BCUT2D eigenvalue weighted by atomic mass is 16.5. The number of aromatic nitrogens is 2. The summed E-state index contributed by atoms with van der Waals surface area (Å²) in [6.45, 7) is 4.02. The van der Waals surface area contributed by atoms with Crippen LogP contribution in [0, 0.1) is 13.8 Å². The zero-order valence-corrected chi connectivity index (χ0v) is 11.4. The third-order valence-corrected chi connectivity index (χ3v) is 3.10. The van der Waals surface area contributed by atoms with Gasteiger partial charge in [-0.15, -0.1) is 0 Å². The monoisotopic (exact) mass is 258 g/mol. The van der Waals surface area contributed by atoms with E-state index in [0.717, 1.165) is 22.4 Å². The first kappa shape index (κ1) is 13.5. The fourth-order valence-corrected chi connectivity index (χ4v) is 2.03. The molecule has 1 N–H and O–H groups in total. The molecule has 1 heterocycles. The number of aryl methyl sites for hydroxylation is 2. The average molecular weight is 258 g/mol. The minimum atomic E-state index is -0.570. The molecule has 19 heavy (non-hydrogen) atoms. The van der Waals surface area contributed by atoms with Gasteiger partial charge < -0.3 is 9.84 Å². The predicted octanol–water partition coefficient (Wildman–Crippen LogP) is 2.38. The van der Waals surface area contributed by atoms with Crippen LogP contribution >= 0.6 is 0 Å². The van der Waals surface area contributed by atoms with Crippen LogP contribution < -0.4 is 4.74 Å². The van der Waals surface area contributed by atoms with Gasteiger partial charge >= 0.3 is 0 Å². The molecular formula is C15H18N2O2. The number of ether oxygens (including phenoxy) is 1. The van der Waals surface area contributed by atoms with Crippen LogP contribution in [0.2, 0.25) is 0 Å². The van der Waals surface area contributed by atoms with E-state index in [0.29, 0.717) is 12.3 Å². The van der Waals surface area contributed by atoms with Gasteiger partial charge in [0.25, 0.3) is 0 Å². The zero-order chi connectivity index (χ0) is 13.8. The number of methoxy groups -OCH3 is 1. The van der Waals surface area contributed by atoms with Crippen molar-refractivity contribution in [3.8, 4) is 5.88 Å². The highest BCUT2D eigenvalue weighted by molar-refractivity contribution is 5.33. The number of nitrogens with zero attached hydrogens (tertiary/aromatic N) is 2. The Bertz CT molecular complexity index is 570. The maximum Gasteiger partial charge on any atom is 0.216 e. The van der Waals surface area contributed by atoms with Gasteiger partial charge in [-0.05, 0) is 25.0 Å². The standard InChI is InChI=1S/C15H18N2O2/c1-10-4-5-11(2)13(6-10)14(18)7-12-8-15(19-3)17-9-16-12/h4-6,8-9,14,18H,7H2,1-3H3. The summed E-state index contributed by atoms with van der Waals surface area (Å²) in [7, 11) is 1.56. The molecular weight excluding hydrogens is 240 g/mol. The fourth-order valence-electron chi connectivity index (χ4n) is 2.03. The molecule has 1 aromatic heterocycles. The van der Waals surface area contributed by atoms with E-state index in [2.05, 4.69) is 9.97 Å². The van der Waals surface area contributed by atoms with Gasteiger partial charge in [0.1, 0.15) is 6.33 Å². The van der Waals surface area contributed by atoms with E-state index in [1.165, 1.54) is 6.33 Å². The van der Waals surface area contributed by atoms with Crippen molar-refractivity contribution in [3.05, 3.63) is 53.0 Å². The molecule has 2 rings (SSSR count). The number of aliphatic hydroxyl groups is 1. The summed E-state index contributed by atoms with van der Waals surface area (Å²) in [6, 6.07) is 7.82. The lowest BCUT2D eigenvalue weighted by Gasteiger charge is -2.14. The van der Waals surface area contributed by atoms with Gasteiger partial charge in [0.05, 0.1) is 18.9 Å². The lowest BCUT2D eigenvalue weighted by molar-refractivity contribution is 0.176. The van der Waals surface area contributed by atoms with Crippen molar-refractivity contribution in [2.45, 2.75) is 26.4 Å². The molecule has 0 saturated heterocycles. The van der Waals surface area contributed by atoms with Crippen molar-refractivity contribution in [3.63, 3.8) is 0 Å². The third-order valence-electron chi connectivity index (χ3n) is 3.10. The number of benzene rings is 1. The topological polar surface area (TPSA) is 55.2 Å². The highest BCUT2D eigenvalue weighted by Crippen LogP contribution is 2.22. The van der Waals surface area contributed by atoms with Crippen molar-refractivity contribution in [1.82, 2.24) is 9.97 Å². The lowest BCUT2D eigenvalue weighted by atomic mass is 9.98. The van der Waals surface area contributed by atoms with Crippen LogP contribution in [0.4, 0.5) is 0 Å². The largest absolute Gasteiger partial charge is 0.481 e. The minimum Gasteiger partial charge on any atom is -0.481 e. The van der Waals surface area contributed by atoms with E-state index in [4.69, 9.17) is 4.74 Å². The second-order valence-corrected chi connectivity index (χ2v) is 4.63. The normalized spacial score (nSPS) is 12.2. The SMILES string of the molecule is COc1cc(CC(O)c2cc(C)ccc2C)ncn1. The third kappa shape index (κ3) is 3.29. The smallest absolute Gasteiger partial charge is 0.216 e. The fraction of sp³-hybridized carbons (Fsp3) is 0.333. The Balaban J connectivity index is 2.20. The summed E-state index contributed by atoms with van der Waals surface area (Å²) in [6.07, 6.45) is 1.33. The summed E-state index contributed by atoms with van der Waals surface area (Å²) < 4.78 is 5.05. The van der Waals surface area contributed by atoms with Crippen LogP contribution in [0.15, 0.2) is 30.6 Å². The van der Waals surface area contributed by atoms with Crippen LogP contribution in [-0.4, -0.2) is 22.2 Å². The van der Waals surface area contributed by atoms with Gasteiger partial charge in [-0.1, -0.05) is 23.8 Å². The second kappa shape index (κ2) is 5.80. The maximum atomic E-state index is 10.3. The maximum absolute atomic E-state index is 10.3. The van der Waals surface area contributed by atoms with Crippen LogP contribution in [0.5, 0.6) is 5.88 Å². The summed E-state index contributed by atoms with van der Waals surface area (Å²) >= 11 is 0. The van der Waals surface area contributed by atoms with Gasteiger partial charge in [0.15, 0.2) is 0 Å². The van der Waals surface area contributed by atoms with Gasteiger partial charge in [-0.25, -0.2) is 9.97 Å². The molecule has 0 fully saturated rings. The molecule has 0 bridgehead atoms. The molecule has 4 heteroatoms.